The van der Waals surface area contributed by atoms with Gasteiger partial charge in [0, 0.05) is 34.5 Å². The number of rotatable bonds is 6. The van der Waals surface area contributed by atoms with Crippen LogP contribution in [0.1, 0.15) is 22.9 Å². The van der Waals surface area contributed by atoms with Gasteiger partial charge in [0.25, 0.3) is 0 Å². The Morgan fingerprint density at radius 3 is 2.67 bits per heavy atom. The lowest BCUT2D eigenvalue weighted by Crippen LogP contribution is -2.24. The molecule has 0 spiro atoms. The van der Waals surface area contributed by atoms with Crippen LogP contribution < -0.4 is 10.2 Å². The van der Waals surface area contributed by atoms with Crippen molar-refractivity contribution in [2.24, 2.45) is 0 Å². The summed E-state index contributed by atoms with van der Waals surface area (Å²) in [6.45, 7) is 2.56. The number of aryl methyl sites for hydroxylation is 1. The van der Waals surface area contributed by atoms with E-state index < -0.39 is 0 Å². The van der Waals surface area contributed by atoms with Gasteiger partial charge in [0.05, 0.1) is 5.75 Å². The van der Waals surface area contributed by atoms with E-state index >= 15 is 0 Å². The highest BCUT2D eigenvalue weighted by molar-refractivity contribution is 8.00. The Morgan fingerprint density at radius 1 is 1.20 bits per heavy atom. The first-order chi connectivity index (χ1) is 14.5. The number of carbonyl (C=O) groups is 2. The summed E-state index contributed by atoms with van der Waals surface area (Å²) in [6.07, 6.45) is 0.370. The van der Waals surface area contributed by atoms with Crippen molar-refractivity contribution in [3.63, 3.8) is 0 Å². The Bertz CT molecular complexity index is 1050. The molecule has 2 amide bonds. The third-order valence-electron chi connectivity index (χ3n) is 4.69. The van der Waals surface area contributed by atoms with Gasteiger partial charge in [-0.3, -0.25) is 14.9 Å². The molecule has 2 aromatic carbocycles. The van der Waals surface area contributed by atoms with Crippen molar-refractivity contribution in [1.29, 1.82) is 0 Å². The van der Waals surface area contributed by atoms with Crippen LogP contribution in [-0.2, 0) is 9.59 Å². The number of aromatic nitrogens is 2. The molecule has 6 nitrogen and oxygen atoms in total. The van der Waals surface area contributed by atoms with Crippen molar-refractivity contribution < 1.29 is 9.59 Å². The summed E-state index contributed by atoms with van der Waals surface area (Å²) in [4.78, 5) is 27.5. The Hall–Kier alpha value is -2.42. The quantitative estimate of drug-likeness (QED) is 0.539. The van der Waals surface area contributed by atoms with Gasteiger partial charge in [-0.2, -0.15) is 0 Å². The molecule has 0 radical (unpaired) electrons. The zero-order valence-corrected chi connectivity index (χ0v) is 18.6. The number of amides is 2. The van der Waals surface area contributed by atoms with Gasteiger partial charge in [-0.25, -0.2) is 0 Å². The van der Waals surface area contributed by atoms with Crippen LogP contribution in [0.5, 0.6) is 0 Å². The van der Waals surface area contributed by atoms with Gasteiger partial charge in [-0.1, -0.05) is 40.6 Å². The Balaban J connectivity index is 1.33. The van der Waals surface area contributed by atoms with E-state index in [2.05, 4.69) is 15.5 Å². The first-order valence-corrected chi connectivity index (χ1v) is 11.5. The number of halogens is 1. The van der Waals surface area contributed by atoms with E-state index in [-0.39, 0.29) is 17.7 Å². The third kappa shape index (κ3) is 5.00. The molecule has 1 unspecified atom stereocenters. The molecular formula is C21H19ClN4O2S2. The molecule has 30 heavy (non-hydrogen) atoms. The molecule has 1 aromatic heterocycles. The minimum atomic E-state index is -0.131. The fourth-order valence-corrected chi connectivity index (χ4v) is 4.81. The molecule has 0 aliphatic carbocycles. The van der Waals surface area contributed by atoms with Crippen molar-refractivity contribution in [3.05, 3.63) is 64.1 Å². The van der Waals surface area contributed by atoms with E-state index in [4.69, 9.17) is 11.6 Å². The second kappa shape index (κ2) is 9.16. The number of nitrogens with zero attached hydrogens (tertiary/aromatic N) is 3. The van der Waals surface area contributed by atoms with Crippen LogP contribution in [-0.4, -0.2) is 34.3 Å². The maximum Gasteiger partial charge on any atom is 0.236 e. The highest BCUT2D eigenvalue weighted by atomic mass is 35.5. The van der Waals surface area contributed by atoms with Crippen molar-refractivity contribution in [3.8, 4) is 0 Å². The summed E-state index contributed by atoms with van der Waals surface area (Å²) in [5.74, 6) is 0.161. The lowest BCUT2D eigenvalue weighted by molar-refractivity contribution is -0.117. The van der Waals surface area contributed by atoms with Gasteiger partial charge in [-0.05, 0) is 43.3 Å². The van der Waals surface area contributed by atoms with Gasteiger partial charge in [0.1, 0.15) is 5.01 Å². The molecule has 0 bridgehead atoms. The summed E-state index contributed by atoms with van der Waals surface area (Å²) in [7, 11) is 0. The van der Waals surface area contributed by atoms with E-state index in [0.717, 1.165) is 15.6 Å². The normalized spacial score (nSPS) is 16.1. The minimum absolute atomic E-state index is 0.0394. The number of hydrogen-bond donors (Lipinski definition) is 1. The van der Waals surface area contributed by atoms with Gasteiger partial charge in [0.2, 0.25) is 16.9 Å². The first-order valence-electron chi connectivity index (χ1n) is 9.36. The second-order valence-electron chi connectivity index (χ2n) is 6.98. The molecule has 2 heterocycles. The van der Waals surface area contributed by atoms with Crippen molar-refractivity contribution >= 4 is 57.3 Å². The molecule has 1 atom stereocenters. The van der Waals surface area contributed by atoms with Gasteiger partial charge in [0.15, 0.2) is 0 Å². The number of carbonyl (C=O) groups excluding carboxylic acids is 2. The predicted molar refractivity (Wildman–Crippen MR) is 122 cm³/mol. The fourth-order valence-electron chi connectivity index (χ4n) is 3.13. The first kappa shape index (κ1) is 20.8. The van der Waals surface area contributed by atoms with Crippen LogP contribution in [0.25, 0.3) is 0 Å². The maximum atomic E-state index is 12.4. The zero-order chi connectivity index (χ0) is 21.1. The Kier molecular flexibility index (Phi) is 6.36. The average Bonchev–Trinajstić information content (AvgIpc) is 3.35. The summed E-state index contributed by atoms with van der Waals surface area (Å²) in [6, 6.07) is 15.2. The summed E-state index contributed by atoms with van der Waals surface area (Å²) in [5, 5.41) is 12.9. The molecule has 1 aliphatic heterocycles. The zero-order valence-electron chi connectivity index (χ0n) is 16.2. The summed E-state index contributed by atoms with van der Waals surface area (Å²) in [5.41, 5.74) is 2.00. The van der Waals surface area contributed by atoms with E-state index in [1.54, 1.807) is 17.0 Å². The number of hydrogen-bond acceptors (Lipinski definition) is 6. The van der Waals surface area contributed by atoms with Crippen LogP contribution in [0, 0.1) is 6.92 Å². The lowest BCUT2D eigenvalue weighted by Gasteiger charge is -2.16. The molecular weight excluding hydrogens is 440 g/mol. The fraction of sp³-hybridized carbons (Fsp3) is 0.238. The monoisotopic (exact) mass is 458 g/mol. The third-order valence-corrected chi connectivity index (χ3v) is 6.96. The predicted octanol–water partition coefficient (Wildman–Crippen LogP) is 4.75. The van der Waals surface area contributed by atoms with Crippen LogP contribution in [0.4, 0.5) is 10.8 Å². The molecule has 1 N–H and O–H groups in total. The van der Waals surface area contributed by atoms with E-state index in [1.165, 1.54) is 28.7 Å². The lowest BCUT2D eigenvalue weighted by atomic mass is 10.1. The Labute approximate surface area is 187 Å². The van der Waals surface area contributed by atoms with Crippen molar-refractivity contribution in [2.45, 2.75) is 24.2 Å². The molecule has 3 aromatic rings. The molecule has 4 rings (SSSR count). The SMILES string of the molecule is Cc1ccc(SCC(=O)Nc2nnc(C3CC(=O)N(c4ccc(Cl)cc4)C3)s2)cc1. The average molecular weight is 459 g/mol. The second-order valence-corrected chi connectivity index (χ2v) is 9.47. The Morgan fingerprint density at radius 2 is 1.93 bits per heavy atom. The largest absolute Gasteiger partial charge is 0.312 e. The van der Waals surface area contributed by atoms with Gasteiger partial charge >= 0.3 is 0 Å². The smallest absolute Gasteiger partial charge is 0.236 e. The number of thioether (sulfide) groups is 1. The van der Waals surface area contributed by atoms with Crippen molar-refractivity contribution in [2.75, 3.05) is 22.5 Å². The van der Waals surface area contributed by atoms with Gasteiger partial charge in [-0.15, -0.1) is 22.0 Å². The standard InChI is InChI=1S/C21H19ClN4O2S2/c1-13-2-8-17(9-3-13)29-12-18(27)23-21-25-24-20(30-21)14-10-19(28)26(11-14)16-6-4-15(22)5-7-16/h2-9,14H,10-12H2,1H3,(H,23,25,27). The van der Waals surface area contributed by atoms with Crippen LogP contribution >= 0.6 is 34.7 Å². The number of benzene rings is 2. The highest BCUT2D eigenvalue weighted by Gasteiger charge is 2.34. The topological polar surface area (TPSA) is 75.2 Å². The van der Waals surface area contributed by atoms with Crippen LogP contribution in [0.2, 0.25) is 5.02 Å². The molecule has 0 saturated carbocycles. The van der Waals surface area contributed by atoms with E-state index in [1.807, 2.05) is 43.3 Å². The van der Waals surface area contributed by atoms with E-state index in [0.29, 0.717) is 28.9 Å². The van der Waals surface area contributed by atoms with Crippen molar-refractivity contribution in [1.82, 2.24) is 10.2 Å². The number of anilines is 2. The number of nitrogens with one attached hydrogen (secondary N) is 1. The summed E-state index contributed by atoms with van der Waals surface area (Å²) < 4.78 is 0. The summed E-state index contributed by atoms with van der Waals surface area (Å²) >= 11 is 8.72. The molecule has 1 aliphatic rings. The molecule has 1 saturated heterocycles. The molecule has 154 valence electrons. The minimum Gasteiger partial charge on any atom is -0.312 e. The van der Waals surface area contributed by atoms with Crippen LogP contribution in [0.15, 0.2) is 53.4 Å². The van der Waals surface area contributed by atoms with Gasteiger partial charge < -0.3 is 4.90 Å². The molecule has 9 heteroatoms. The maximum absolute atomic E-state index is 12.4. The van der Waals surface area contributed by atoms with Crippen LogP contribution in [0.3, 0.4) is 0 Å². The van der Waals surface area contributed by atoms with E-state index in [9.17, 15) is 9.59 Å². The molecule has 1 fully saturated rings. The highest BCUT2D eigenvalue weighted by Crippen LogP contribution is 2.34.